The van der Waals surface area contributed by atoms with Crippen LogP contribution in [0.2, 0.25) is 0 Å². The predicted octanol–water partition coefficient (Wildman–Crippen LogP) is 3.97. The van der Waals surface area contributed by atoms with E-state index in [1.54, 1.807) is 0 Å². The minimum atomic E-state index is -1.04. The van der Waals surface area contributed by atoms with E-state index in [0.29, 0.717) is 36.9 Å². The van der Waals surface area contributed by atoms with Crippen LogP contribution in [0.1, 0.15) is 65.2 Å². The average molecular weight is 348 g/mol. The Morgan fingerprint density at radius 3 is 1.48 bits per heavy atom. The Morgan fingerprint density at radius 1 is 0.760 bits per heavy atom. The van der Waals surface area contributed by atoms with Crippen LogP contribution in [0.3, 0.4) is 0 Å². The summed E-state index contributed by atoms with van der Waals surface area (Å²) in [5.74, 6) is 2.10. The lowest BCUT2D eigenvalue weighted by atomic mass is 9.57. The van der Waals surface area contributed by atoms with Crippen molar-refractivity contribution in [2.24, 2.45) is 40.9 Å². The molecule has 4 bridgehead atoms. The summed E-state index contributed by atoms with van der Waals surface area (Å²) in [6, 6.07) is 0. The van der Waals surface area contributed by atoms with Gasteiger partial charge >= 0.3 is 11.9 Å². The molecule has 0 aromatic carbocycles. The zero-order chi connectivity index (χ0) is 17.6. The van der Waals surface area contributed by atoms with Gasteiger partial charge in [0.25, 0.3) is 0 Å². The molecule has 6 unspecified atom stereocenters. The third-order valence-corrected chi connectivity index (χ3v) is 7.87. The van der Waals surface area contributed by atoms with Crippen molar-refractivity contribution >= 4 is 11.9 Å². The lowest BCUT2D eigenvalue weighted by molar-refractivity contribution is -0.187. The van der Waals surface area contributed by atoms with Gasteiger partial charge in [0.2, 0.25) is 0 Å². The second-order valence-corrected chi connectivity index (χ2v) is 8.87. The van der Waals surface area contributed by atoms with Crippen LogP contribution in [0, 0.1) is 40.9 Å². The van der Waals surface area contributed by atoms with Crippen LogP contribution in [0.4, 0.5) is 0 Å². The number of fused-ring (bicyclic) bond motifs is 4. The number of carbonyl (C=O) groups is 2. The molecule has 0 aliphatic heterocycles. The molecule has 4 aliphatic carbocycles. The summed E-state index contributed by atoms with van der Waals surface area (Å²) in [6.07, 6.45) is 9.25. The van der Waals surface area contributed by atoms with Gasteiger partial charge in [0, 0.05) is 0 Å². The molecule has 0 spiro atoms. The SMILES string of the molecule is CCOC(=O)C(C(=O)OCC)(C1CC2CCC1C2)C1CC2CCC1C2. The average Bonchev–Trinajstić information content (AvgIpc) is 3.38. The fraction of sp³-hybridized carbons (Fsp3) is 0.905. The Morgan fingerprint density at radius 2 is 1.20 bits per heavy atom. The molecule has 4 saturated carbocycles. The molecule has 0 amide bonds. The summed E-state index contributed by atoms with van der Waals surface area (Å²) in [4.78, 5) is 26.8. The first-order valence-corrected chi connectivity index (χ1v) is 10.5. The van der Waals surface area contributed by atoms with Crippen molar-refractivity contribution in [3.8, 4) is 0 Å². The normalized spacial score (nSPS) is 39.0. The molecular weight excluding hydrogens is 316 g/mol. The third kappa shape index (κ3) is 2.54. The van der Waals surface area contributed by atoms with Crippen molar-refractivity contribution in [1.29, 1.82) is 0 Å². The predicted molar refractivity (Wildman–Crippen MR) is 93.6 cm³/mol. The van der Waals surface area contributed by atoms with E-state index >= 15 is 0 Å². The summed E-state index contributed by atoms with van der Waals surface area (Å²) < 4.78 is 11.2. The molecule has 6 atom stereocenters. The van der Waals surface area contributed by atoms with E-state index < -0.39 is 5.41 Å². The topological polar surface area (TPSA) is 52.6 Å². The summed E-state index contributed by atoms with van der Waals surface area (Å²) in [5, 5.41) is 0. The van der Waals surface area contributed by atoms with E-state index in [-0.39, 0.29) is 23.8 Å². The van der Waals surface area contributed by atoms with Crippen LogP contribution >= 0.6 is 0 Å². The minimum Gasteiger partial charge on any atom is -0.465 e. The van der Waals surface area contributed by atoms with Crippen LogP contribution in [0.5, 0.6) is 0 Å². The highest BCUT2D eigenvalue weighted by atomic mass is 16.6. The Bertz CT molecular complexity index is 494. The maximum atomic E-state index is 13.4. The molecule has 0 saturated heterocycles. The van der Waals surface area contributed by atoms with Gasteiger partial charge in [-0.15, -0.1) is 0 Å². The smallest absolute Gasteiger partial charge is 0.324 e. The lowest BCUT2D eigenvalue weighted by Gasteiger charge is -2.45. The van der Waals surface area contributed by atoms with E-state index in [2.05, 4.69) is 0 Å². The summed E-state index contributed by atoms with van der Waals surface area (Å²) >= 11 is 0. The molecule has 25 heavy (non-hydrogen) atoms. The van der Waals surface area contributed by atoms with Crippen molar-refractivity contribution in [3.05, 3.63) is 0 Å². The summed E-state index contributed by atoms with van der Waals surface area (Å²) in [5.41, 5.74) is -1.04. The molecule has 0 N–H and O–H groups in total. The van der Waals surface area contributed by atoms with Gasteiger partial charge in [0.05, 0.1) is 13.2 Å². The molecule has 0 radical (unpaired) electrons. The van der Waals surface area contributed by atoms with E-state index in [9.17, 15) is 9.59 Å². The van der Waals surface area contributed by atoms with Crippen molar-refractivity contribution < 1.29 is 19.1 Å². The van der Waals surface area contributed by atoms with Crippen molar-refractivity contribution in [2.75, 3.05) is 13.2 Å². The highest BCUT2D eigenvalue weighted by Crippen LogP contribution is 2.64. The summed E-state index contributed by atoms with van der Waals surface area (Å²) in [6.45, 7) is 4.36. The number of carbonyl (C=O) groups excluding carboxylic acids is 2. The summed E-state index contributed by atoms with van der Waals surface area (Å²) in [7, 11) is 0. The standard InChI is InChI=1S/C21H32O4/c1-3-24-19(22)21(20(23)25-4-2,17-11-13-5-7-15(17)9-13)18-12-14-6-8-16(18)10-14/h13-18H,3-12H2,1-2H3. The van der Waals surface area contributed by atoms with Gasteiger partial charge in [0.1, 0.15) is 0 Å². The Balaban J connectivity index is 1.76. The zero-order valence-electron chi connectivity index (χ0n) is 15.7. The van der Waals surface area contributed by atoms with Gasteiger partial charge in [-0.3, -0.25) is 9.59 Å². The molecule has 0 aromatic heterocycles. The maximum Gasteiger partial charge on any atom is 0.324 e. The molecule has 140 valence electrons. The number of hydrogen-bond acceptors (Lipinski definition) is 4. The van der Waals surface area contributed by atoms with E-state index in [1.807, 2.05) is 13.8 Å². The number of ether oxygens (including phenoxy) is 2. The van der Waals surface area contributed by atoms with Gasteiger partial charge in [-0.2, -0.15) is 0 Å². The molecule has 4 aliphatic rings. The fourth-order valence-electron chi connectivity index (χ4n) is 7.07. The molecule has 0 aromatic rings. The Kier molecular flexibility index (Phi) is 4.57. The molecule has 4 fully saturated rings. The maximum absolute atomic E-state index is 13.4. The fourth-order valence-corrected chi connectivity index (χ4v) is 7.07. The third-order valence-electron chi connectivity index (χ3n) is 7.87. The molecule has 4 heteroatoms. The van der Waals surface area contributed by atoms with Crippen LogP contribution in [0.25, 0.3) is 0 Å². The van der Waals surface area contributed by atoms with Crippen molar-refractivity contribution in [3.63, 3.8) is 0 Å². The quantitative estimate of drug-likeness (QED) is 0.538. The van der Waals surface area contributed by atoms with Gasteiger partial charge in [-0.25, -0.2) is 0 Å². The Labute approximate surface area is 151 Å². The van der Waals surface area contributed by atoms with E-state index in [0.717, 1.165) is 25.7 Å². The van der Waals surface area contributed by atoms with Crippen LogP contribution in [-0.2, 0) is 19.1 Å². The number of hydrogen-bond donors (Lipinski definition) is 0. The van der Waals surface area contributed by atoms with Gasteiger partial charge in [-0.1, -0.05) is 12.8 Å². The monoisotopic (exact) mass is 348 g/mol. The van der Waals surface area contributed by atoms with Crippen LogP contribution < -0.4 is 0 Å². The lowest BCUT2D eigenvalue weighted by Crippen LogP contribution is -2.55. The highest BCUT2D eigenvalue weighted by Gasteiger charge is 2.67. The van der Waals surface area contributed by atoms with Crippen molar-refractivity contribution in [2.45, 2.75) is 65.2 Å². The first kappa shape index (κ1) is 17.4. The van der Waals surface area contributed by atoms with Crippen LogP contribution in [-0.4, -0.2) is 25.2 Å². The second kappa shape index (κ2) is 6.59. The molecule has 4 nitrogen and oxygen atoms in total. The van der Waals surface area contributed by atoms with Crippen molar-refractivity contribution in [1.82, 2.24) is 0 Å². The Hall–Kier alpha value is -1.06. The molecular formula is C21H32O4. The first-order chi connectivity index (χ1) is 12.1. The molecule has 0 heterocycles. The first-order valence-electron chi connectivity index (χ1n) is 10.5. The molecule has 4 rings (SSSR count). The largest absolute Gasteiger partial charge is 0.465 e. The van der Waals surface area contributed by atoms with Gasteiger partial charge in [-0.05, 0) is 87.9 Å². The minimum absolute atomic E-state index is 0.133. The van der Waals surface area contributed by atoms with E-state index in [4.69, 9.17) is 9.47 Å². The number of rotatable bonds is 6. The van der Waals surface area contributed by atoms with Crippen LogP contribution in [0.15, 0.2) is 0 Å². The number of esters is 2. The van der Waals surface area contributed by atoms with Gasteiger partial charge < -0.3 is 9.47 Å². The highest BCUT2D eigenvalue weighted by molar-refractivity contribution is 6.01. The zero-order valence-corrected chi connectivity index (χ0v) is 15.7. The second-order valence-electron chi connectivity index (χ2n) is 8.87. The van der Waals surface area contributed by atoms with Gasteiger partial charge in [0.15, 0.2) is 5.41 Å². The van der Waals surface area contributed by atoms with E-state index in [1.165, 1.54) is 25.7 Å².